The first-order valence-electron chi connectivity index (χ1n) is 5.13. The molecule has 0 unspecified atom stereocenters. The molecule has 1 aromatic carbocycles. The Hall–Kier alpha value is -2.04. The molecule has 5 nitrogen and oxygen atoms in total. The topological polar surface area (TPSA) is 64.6 Å². The van der Waals surface area contributed by atoms with Gasteiger partial charge in [0.25, 0.3) is 0 Å². The Bertz CT molecular complexity index is 361. The van der Waals surface area contributed by atoms with Crippen LogP contribution in [0.15, 0.2) is 30.3 Å². The fourth-order valence-corrected chi connectivity index (χ4v) is 1.32. The van der Waals surface area contributed by atoms with Crippen LogP contribution in [0.4, 0.5) is 5.69 Å². The monoisotopic (exact) mass is 237 g/mol. The maximum absolute atomic E-state index is 11.4. The molecular formula is C12H15NO4. The van der Waals surface area contributed by atoms with Crippen LogP contribution < -0.4 is 5.32 Å². The van der Waals surface area contributed by atoms with Gasteiger partial charge in [-0.15, -0.1) is 0 Å². The number of para-hydroxylation sites is 1. The molecule has 0 radical (unpaired) electrons. The van der Waals surface area contributed by atoms with Gasteiger partial charge in [0.1, 0.15) is 0 Å². The minimum atomic E-state index is -0.954. The van der Waals surface area contributed by atoms with E-state index in [9.17, 15) is 9.59 Å². The molecular weight excluding hydrogens is 222 g/mol. The van der Waals surface area contributed by atoms with Crippen LogP contribution in [0, 0.1) is 5.92 Å². The molecule has 1 aromatic rings. The van der Waals surface area contributed by atoms with Crippen molar-refractivity contribution in [3.05, 3.63) is 30.3 Å². The number of ether oxygens (including phenoxy) is 2. The Labute approximate surface area is 99.7 Å². The summed E-state index contributed by atoms with van der Waals surface area (Å²) < 4.78 is 9.09. The summed E-state index contributed by atoms with van der Waals surface area (Å²) in [5, 5.41) is 2.97. The van der Waals surface area contributed by atoms with Crippen molar-refractivity contribution in [2.24, 2.45) is 5.92 Å². The van der Waals surface area contributed by atoms with Gasteiger partial charge in [0.2, 0.25) is 0 Å². The molecule has 0 aliphatic heterocycles. The number of esters is 2. The number of methoxy groups -OCH3 is 2. The van der Waals surface area contributed by atoms with Crippen molar-refractivity contribution in [1.82, 2.24) is 0 Å². The van der Waals surface area contributed by atoms with Gasteiger partial charge in [0.15, 0.2) is 5.92 Å². The van der Waals surface area contributed by atoms with Crippen LogP contribution >= 0.6 is 0 Å². The number of hydrogen-bond donors (Lipinski definition) is 1. The lowest BCUT2D eigenvalue weighted by molar-refractivity contribution is -0.157. The molecule has 0 spiro atoms. The molecule has 0 aliphatic rings. The molecule has 1 N–H and O–H groups in total. The van der Waals surface area contributed by atoms with E-state index >= 15 is 0 Å². The number of carbonyl (C=O) groups excluding carboxylic acids is 2. The third-order valence-electron chi connectivity index (χ3n) is 2.26. The maximum atomic E-state index is 11.4. The third-order valence-corrected chi connectivity index (χ3v) is 2.26. The highest BCUT2D eigenvalue weighted by Gasteiger charge is 2.28. The summed E-state index contributed by atoms with van der Waals surface area (Å²) in [6, 6.07) is 9.27. The van der Waals surface area contributed by atoms with Crippen molar-refractivity contribution in [3.63, 3.8) is 0 Å². The van der Waals surface area contributed by atoms with Gasteiger partial charge in [-0.3, -0.25) is 9.59 Å². The zero-order valence-electron chi connectivity index (χ0n) is 9.80. The lowest BCUT2D eigenvalue weighted by Crippen LogP contribution is -2.32. The molecule has 0 heterocycles. The van der Waals surface area contributed by atoms with Crippen molar-refractivity contribution >= 4 is 17.6 Å². The fourth-order valence-electron chi connectivity index (χ4n) is 1.32. The van der Waals surface area contributed by atoms with Crippen LogP contribution in [-0.2, 0) is 19.1 Å². The van der Waals surface area contributed by atoms with Crippen LogP contribution in [0.5, 0.6) is 0 Å². The summed E-state index contributed by atoms with van der Waals surface area (Å²) in [6.07, 6.45) is 0. The predicted molar refractivity (Wildman–Crippen MR) is 62.5 cm³/mol. The van der Waals surface area contributed by atoms with Gasteiger partial charge < -0.3 is 14.8 Å². The fraction of sp³-hybridized carbons (Fsp3) is 0.333. The van der Waals surface area contributed by atoms with E-state index in [0.717, 1.165) is 5.69 Å². The summed E-state index contributed by atoms with van der Waals surface area (Å²) in [5.74, 6) is -2.18. The lowest BCUT2D eigenvalue weighted by atomic mass is 10.1. The second-order valence-electron chi connectivity index (χ2n) is 3.35. The van der Waals surface area contributed by atoms with E-state index in [0.29, 0.717) is 0 Å². The van der Waals surface area contributed by atoms with E-state index in [4.69, 9.17) is 0 Å². The summed E-state index contributed by atoms with van der Waals surface area (Å²) >= 11 is 0. The second kappa shape index (κ2) is 6.52. The van der Waals surface area contributed by atoms with Crippen LogP contribution in [-0.4, -0.2) is 32.7 Å². The summed E-state index contributed by atoms with van der Waals surface area (Å²) in [6.45, 7) is 0.142. The Kier molecular flexibility index (Phi) is 5.00. The van der Waals surface area contributed by atoms with Crippen molar-refractivity contribution in [2.45, 2.75) is 0 Å². The van der Waals surface area contributed by atoms with Crippen LogP contribution in [0.3, 0.4) is 0 Å². The number of hydrogen-bond acceptors (Lipinski definition) is 5. The minimum absolute atomic E-state index is 0.142. The van der Waals surface area contributed by atoms with Crippen molar-refractivity contribution in [3.8, 4) is 0 Å². The molecule has 17 heavy (non-hydrogen) atoms. The SMILES string of the molecule is COC(=O)C(CNc1ccccc1)C(=O)OC. The molecule has 0 aliphatic carbocycles. The van der Waals surface area contributed by atoms with Gasteiger partial charge in [-0.1, -0.05) is 18.2 Å². The normalized spacial score (nSPS) is 9.82. The molecule has 5 heteroatoms. The molecule has 92 valence electrons. The van der Waals surface area contributed by atoms with Gasteiger partial charge in [-0.25, -0.2) is 0 Å². The molecule has 0 amide bonds. The van der Waals surface area contributed by atoms with E-state index in [1.54, 1.807) is 0 Å². The Balaban J connectivity index is 2.61. The van der Waals surface area contributed by atoms with E-state index < -0.39 is 17.9 Å². The minimum Gasteiger partial charge on any atom is -0.468 e. The summed E-state index contributed by atoms with van der Waals surface area (Å²) in [7, 11) is 2.47. The Morgan fingerprint density at radius 3 is 2.12 bits per heavy atom. The van der Waals surface area contributed by atoms with Crippen LogP contribution in [0.1, 0.15) is 0 Å². The standard InChI is InChI=1S/C12H15NO4/c1-16-11(14)10(12(15)17-2)8-13-9-6-4-3-5-7-9/h3-7,10,13H,8H2,1-2H3. The molecule has 0 saturated carbocycles. The summed E-state index contributed by atoms with van der Waals surface area (Å²) in [4.78, 5) is 22.7. The van der Waals surface area contributed by atoms with Crippen molar-refractivity contribution in [2.75, 3.05) is 26.1 Å². The quantitative estimate of drug-likeness (QED) is 0.612. The average molecular weight is 237 g/mol. The molecule has 0 bridgehead atoms. The Morgan fingerprint density at radius 2 is 1.65 bits per heavy atom. The zero-order chi connectivity index (χ0) is 12.7. The maximum Gasteiger partial charge on any atom is 0.321 e. The van der Waals surface area contributed by atoms with Crippen LogP contribution in [0.2, 0.25) is 0 Å². The molecule has 0 fully saturated rings. The Morgan fingerprint density at radius 1 is 1.12 bits per heavy atom. The molecule has 0 atom stereocenters. The smallest absolute Gasteiger partial charge is 0.321 e. The number of rotatable bonds is 5. The van der Waals surface area contributed by atoms with E-state index in [1.807, 2.05) is 30.3 Å². The van der Waals surface area contributed by atoms with Gasteiger partial charge >= 0.3 is 11.9 Å². The first kappa shape index (κ1) is 13.0. The zero-order valence-corrected chi connectivity index (χ0v) is 9.80. The third kappa shape index (κ3) is 3.79. The number of nitrogens with one attached hydrogen (secondary N) is 1. The first-order valence-corrected chi connectivity index (χ1v) is 5.13. The van der Waals surface area contributed by atoms with Crippen LogP contribution in [0.25, 0.3) is 0 Å². The van der Waals surface area contributed by atoms with Gasteiger partial charge in [0, 0.05) is 12.2 Å². The highest BCUT2D eigenvalue weighted by atomic mass is 16.5. The molecule has 1 rings (SSSR count). The largest absolute Gasteiger partial charge is 0.468 e. The van der Waals surface area contributed by atoms with Crippen molar-refractivity contribution in [1.29, 1.82) is 0 Å². The van der Waals surface area contributed by atoms with Gasteiger partial charge in [-0.05, 0) is 12.1 Å². The number of carbonyl (C=O) groups is 2. The number of anilines is 1. The predicted octanol–water partition coefficient (Wildman–Crippen LogP) is 1.06. The highest BCUT2D eigenvalue weighted by Crippen LogP contribution is 2.08. The number of benzene rings is 1. The molecule has 0 aromatic heterocycles. The first-order chi connectivity index (χ1) is 8.19. The lowest BCUT2D eigenvalue weighted by Gasteiger charge is -2.13. The van der Waals surface area contributed by atoms with E-state index in [1.165, 1.54) is 14.2 Å². The molecule has 0 saturated heterocycles. The highest BCUT2D eigenvalue weighted by molar-refractivity contribution is 5.95. The van der Waals surface area contributed by atoms with Crippen molar-refractivity contribution < 1.29 is 19.1 Å². The summed E-state index contributed by atoms with van der Waals surface area (Å²) in [5.41, 5.74) is 0.824. The van der Waals surface area contributed by atoms with E-state index in [2.05, 4.69) is 14.8 Å². The van der Waals surface area contributed by atoms with Gasteiger partial charge in [-0.2, -0.15) is 0 Å². The second-order valence-corrected chi connectivity index (χ2v) is 3.35. The average Bonchev–Trinajstić information content (AvgIpc) is 2.39. The van der Waals surface area contributed by atoms with Gasteiger partial charge in [0.05, 0.1) is 14.2 Å². The van der Waals surface area contributed by atoms with E-state index in [-0.39, 0.29) is 6.54 Å².